The summed E-state index contributed by atoms with van der Waals surface area (Å²) in [5.74, 6) is 2.42. The van der Waals surface area contributed by atoms with Gasteiger partial charge >= 0.3 is 0 Å². The van der Waals surface area contributed by atoms with E-state index in [4.69, 9.17) is 11.6 Å². The highest BCUT2D eigenvalue weighted by atomic mass is 35.5. The molecule has 0 aromatic rings. The number of nitrogens with one attached hydrogen (secondary N) is 1. The minimum Gasteiger partial charge on any atom is -0.316 e. The summed E-state index contributed by atoms with van der Waals surface area (Å²) in [6, 6.07) is 0. The molecular weight excluding hydrogens is 210 g/mol. The monoisotopic (exact) mass is 227 g/mol. The molecule has 0 saturated heterocycles. The van der Waals surface area contributed by atoms with Crippen molar-refractivity contribution in [3.05, 3.63) is 0 Å². The third-order valence-electron chi connectivity index (χ3n) is 1.45. The molecule has 0 atom stereocenters. The highest BCUT2D eigenvalue weighted by Crippen LogP contribution is 2.05. The summed E-state index contributed by atoms with van der Waals surface area (Å²) in [5.41, 5.74) is 0. The fourth-order valence-electron chi connectivity index (χ4n) is 0.808. The van der Waals surface area contributed by atoms with Crippen LogP contribution < -0.4 is 5.32 Å². The van der Waals surface area contributed by atoms with Crippen LogP contribution in [0.15, 0.2) is 0 Å². The molecule has 0 rings (SSSR count). The average Bonchev–Trinajstić information content (AvgIpc) is 2.10. The highest BCUT2D eigenvalue weighted by molar-refractivity contribution is 8.00. The van der Waals surface area contributed by atoms with Crippen molar-refractivity contribution in [1.82, 2.24) is 5.32 Å². The van der Waals surface area contributed by atoms with Crippen molar-refractivity contribution in [2.75, 3.05) is 36.1 Å². The first-order valence-corrected chi connectivity index (χ1v) is 7.33. The molecule has 0 fully saturated rings. The lowest BCUT2D eigenvalue weighted by Gasteiger charge is -2.02. The van der Waals surface area contributed by atoms with Gasteiger partial charge in [0, 0.05) is 12.3 Å². The Bertz CT molecular complexity index is 73.5. The van der Waals surface area contributed by atoms with E-state index in [9.17, 15) is 0 Å². The van der Waals surface area contributed by atoms with Gasteiger partial charge in [0.1, 0.15) is 0 Å². The maximum absolute atomic E-state index is 5.53. The van der Waals surface area contributed by atoms with E-state index in [0.717, 1.165) is 18.3 Å². The van der Waals surface area contributed by atoms with Crippen LogP contribution in [0.2, 0.25) is 0 Å². The van der Waals surface area contributed by atoms with Crippen LogP contribution in [0.25, 0.3) is 0 Å². The molecule has 0 aromatic heterocycles. The number of unbranched alkanes of at least 4 members (excludes halogenated alkanes) is 1. The Morgan fingerprint density at radius 1 is 1.17 bits per heavy atom. The summed E-state index contributed by atoms with van der Waals surface area (Å²) in [5, 5.41) is 4.14. The minimum atomic E-state index is 0.736. The summed E-state index contributed by atoms with van der Waals surface area (Å²) in [4.78, 5) is 0. The van der Waals surface area contributed by atoms with E-state index in [1.807, 2.05) is 23.5 Å². The molecule has 74 valence electrons. The van der Waals surface area contributed by atoms with Crippen molar-refractivity contribution in [2.24, 2.45) is 0 Å². The van der Waals surface area contributed by atoms with Gasteiger partial charge in [-0.2, -0.15) is 11.8 Å². The van der Waals surface area contributed by atoms with Crippen molar-refractivity contribution >= 4 is 35.1 Å². The Kier molecular flexibility index (Phi) is 12.9. The normalized spacial score (nSPS) is 10.5. The summed E-state index contributed by atoms with van der Waals surface area (Å²) in [7, 11) is 0. The SMILES string of the molecule is CSCCNCCCCSCCl. The number of rotatable bonds is 9. The number of hydrogen-bond acceptors (Lipinski definition) is 3. The van der Waals surface area contributed by atoms with E-state index < -0.39 is 0 Å². The standard InChI is InChI=1S/C8H18ClNS2/c1-11-7-5-10-4-2-3-6-12-8-9/h10H,2-8H2,1H3. The van der Waals surface area contributed by atoms with Crippen LogP contribution in [-0.4, -0.2) is 36.1 Å². The smallest absolute Gasteiger partial charge is 0.0680 e. The molecule has 0 aromatic carbocycles. The molecule has 0 aliphatic heterocycles. The van der Waals surface area contributed by atoms with Gasteiger partial charge in [-0.15, -0.1) is 23.4 Å². The van der Waals surface area contributed by atoms with Gasteiger partial charge in [0.2, 0.25) is 0 Å². The molecule has 1 nitrogen and oxygen atoms in total. The lowest BCUT2D eigenvalue weighted by molar-refractivity contribution is 0.669. The third-order valence-corrected chi connectivity index (χ3v) is 3.26. The molecule has 0 spiro atoms. The molecule has 4 heteroatoms. The molecule has 0 saturated carbocycles. The summed E-state index contributed by atoms with van der Waals surface area (Å²) in [6.45, 7) is 2.30. The number of alkyl halides is 1. The Morgan fingerprint density at radius 2 is 2.00 bits per heavy atom. The van der Waals surface area contributed by atoms with E-state index in [0.29, 0.717) is 0 Å². The third kappa shape index (κ3) is 11.0. The molecule has 0 heterocycles. The topological polar surface area (TPSA) is 12.0 Å². The van der Waals surface area contributed by atoms with Crippen molar-refractivity contribution in [3.63, 3.8) is 0 Å². The van der Waals surface area contributed by atoms with Crippen molar-refractivity contribution < 1.29 is 0 Å². The number of thioether (sulfide) groups is 2. The van der Waals surface area contributed by atoms with Crippen LogP contribution in [0.5, 0.6) is 0 Å². The van der Waals surface area contributed by atoms with Gasteiger partial charge < -0.3 is 5.32 Å². The first-order chi connectivity index (χ1) is 5.91. The molecule has 0 unspecified atom stereocenters. The molecule has 0 aliphatic rings. The number of halogens is 1. The van der Waals surface area contributed by atoms with Gasteiger partial charge in [0.05, 0.1) is 5.21 Å². The van der Waals surface area contributed by atoms with E-state index in [1.54, 1.807) is 0 Å². The lowest BCUT2D eigenvalue weighted by Crippen LogP contribution is -2.18. The summed E-state index contributed by atoms with van der Waals surface area (Å²) >= 11 is 9.23. The van der Waals surface area contributed by atoms with Gasteiger partial charge in [-0.05, 0) is 31.4 Å². The Morgan fingerprint density at radius 3 is 2.67 bits per heavy atom. The second-order valence-corrected chi connectivity index (χ2v) is 5.14. The Hall–Kier alpha value is 0.950. The summed E-state index contributed by atoms with van der Waals surface area (Å²) < 4.78 is 0. The van der Waals surface area contributed by atoms with Gasteiger partial charge in [0.25, 0.3) is 0 Å². The maximum atomic E-state index is 5.53. The molecule has 12 heavy (non-hydrogen) atoms. The van der Waals surface area contributed by atoms with E-state index in [2.05, 4.69) is 11.6 Å². The largest absolute Gasteiger partial charge is 0.316 e. The van der Waals surface area contributed by atoms with Gasteiger partial charge in [0.15, 0.2) is 0 Å². The zero-order valence-corrected chi connectivity index (χ0v) is 10.0. The maximum Gasteiger partial charge on any atom is 0.0680 e. The minimum absolute atomic E-state index is 0.736. The van der Waals surface area contributed by atoms with E-state index >= 15 is 0 Å². The van der Waals surface area contributed by atoms with Crippen LogP contribution in [0.3, 0.4) is 0 Å². The first-order valence-electron chi connectivity index (χ1n) is 4.25. The van der Waals surface area contributed by atoms with Gasteiger partial charge in [-0.25, -0.2) is 0 Å². The fourth-order valence-corrected chi connectivity index (χ4v) is 2.00. The van der Waals surface area contributed by atoms with Crippen molar-refractivity contribution in [1.29, 1.82) is 0 Å². The van der Waals surface area contributed by atoms with Crippen LogP contribution in [-0.2, 0) is 0 Å². The quantitative estimate of drug-likeness (QED) is 0.481. The predicted octanol–water partition coefficient (Wildman–Crippen LogP) is 2.65. The lowest BCUT2D eigenvalue weighted by atomic mass is 10.3. The van der Waals surface area contributed by atoms with Crippen LogP contribution in [0.1, 0.15) is 12.8 Å². The molecule has 0 bridgehead atoms. The van der Waals surface area contributed by atoms with E-state index in [-0.39, 0.29) is 0 Å². The second kappa shape index (κ2) is 11.9. The van der Waals surface area contributed by atoms with Crippen molar-refractivity contribution in [3.8, 4) is 0 Å². The molecular formula is C8H18ClNS2. The Labute approximate surface area is 89.4 Å². The highest BCUT2D eigenvalue weighted by Gasteiger charge is 1.89. The Balaban J connectivity index is 2.73. The molecule has 1 N–H and O–H groups in total. The molecule has 0 amide bonds. The number of hydrogen-bond donors (Lipinski definition) is 1. The van der Waals surface area contributed by atoms with Crippen LogP contribution in [0, 0.1) is 0 Å². The van der Waals surface area contributed by atoms with Gasteiger partial charge in [-0.3, -0.25) is 0 Å². The molecule has 0 radical (unpaired) electrons. The first kappa shape index (κ1) is 12.9. The zero-order chi connectivity index (χ0) is 9.07. The fraction of sp³-hybridized carbons (Fsp3) is 1.00. The average molecular weight is 228 g/mol. The molecule has 0 aliphatic carbocycles. The van der Waals surface area contributed by atoms with Crippen molar-refractivity contribution in [2.45, 2.75) is 12.8 Å². The van der Waals surface area contributed by atoms with Crippen LogP contribution in [0.4, 0.5) is 0 Å². The summed E-state index contributed by atoms with van der Waals surface area (Å²) in [6.07, 6.45) is 4.70. The zero-order valence-electron chi connectivity index (χ0n) is 7.64. The second-order valence-electron chi connectivity index (χ2n) is 2.47. The van der Waals surface area contributed by atoms with Gasteiger partial charge in [-0.1, -0.05) is 0 Å². The van der Waals surface area contributed by atoms with Crippen LogP contribution >= 0.6 is 35.1 Å². The van der Waals surface area contributed by atoms with E-state index in [1.165, 1.54) is 24.3 Å². The predicted molar refractivity (Wildman–Crippen MR) is 63.7 cm³/mol.